The summed E-state index contributed by atoms with van der Waals surface area (Å²) >= 11 is 0. The first-order valence-corrected chi connectivity index (χ1v) is 12.2. The monoisotopic (exact) mass is 479 g/mol. The van der Waals surface area contributed by atoms with Gasteiger partial charge in [-0.25, -0.2) is 4.68 Å². The summed E-state index contributed by atoms with van der Waals surface area (Å²) < 4.78 is 13.1. The molecule has 0 saturated carbocycles. The number of hydrogen-bond acceptors (Lipinski definition) is 6. The second kappa shape index (κ2) is 9.17. The number of pyridine rings is 1. The molecule has 1 saturated heterocycles. The van der Waals surface area contributed by atoms with Crippen molar-refractivity contribution in [1.29, 1.82) is 0 Å². The lowest BCUT2D eigenvalue weighted by Gasteiger charge is -2.34. The Morgan fingerprint density at radius 3 is 2.31 bits per heavy atom. The number of rotatable bonds is 5. The zero-order valence-corrected chi connectivity index (χ0v) is 20.8. The van der Waals surface area contributed by atoms with Crippen LogP contribution in [0.25, 0.3) is 38.8 Å². The lowest BCUT2D eigenvalue weighted by atomic mass is 10.1. The average molecular weight is 480 g/mol. The highest BCUT2D eigenvalue weighted by atomic mass is 16.5. The molecule has 7 nitrogen and oxygen atoms in total. The fraction of sp³-hybridized carbons (Fsp3) is 0.241. The first kappa shape index (κ1) is 22.4. The quantitative estimate of drug-likeness (QED) is 0.353. The van der Waals surface area contributed by atoms with Gasteiger partial charge in [-0.2, -0.15) is 5.10 Å². The maximum absolute atomic E-state index is 5.56. The molecule has 0 aliphatic carbocycles. The molecule has 0 atom stereocenters. The van der Waals surface area contributed by atoms with Crippen LogP contribution in [0.4, 0.5) is 5.69 Å². The van der Waals surface area contributed by atoms with Crippen LogP contribution in [-0.2, 0) is 0 Å². The number of likely N-dealkylation sites (N-methyl/N-ethyl adjacent to an activating group) is 1. The summed E-state index contributed by atoms with van der Waals surface area (Å²) in [5, 5.41) is 7.14. The number of ether oxygens (including phenoxy) is 2. The number of fused-ring (bicyclic) bond motifs is 3. The second-order valence-corrected chi connectivity index (χ2v) is 9.21. The van der Waals surface area contributed by atoms with Crippen molar-refractivity contribution in [1.82, 2.24) is 19.7 Å². The predicted molar refractivity (Wildman–Crippen MR) is 145 cm³/mol. The van der Waals surface area contributed by atoms with Crippen molar-refractivity contribution in [2.24, 2.45) is 0 Å². The third-order valence-electron chi connectivity index (χ3n) is 7.00. The van der Waals surface area contributed by atoms with Gasteiger partial charge in [-0.15, -0.1) is 0 Å². The molecule has 3 aromatic carbocycles. The largest absolute Gasteiger partial charge is 0.497 e. The number of nitrogens with zero attached hydrogens (tertiary/aromatic N) is 5. The van der Waals surface area contributed by atoms with Gasteiger partial charge >= 0.3 is 0 Å². The van der Waals surface area contributed by atoms with Gasteiger partial charge in [-0.05, 0) is 55.6 Å². The van der Waals surface area contributed by atoms with Crippen LogP contribution in [0.2, 0.25) is 0 Å². The summed E-state index contributed by atoms with van der Waals surface area (Å²) in [5.41, 5.74) is 5.98. The van der Waals surface area contributed by atoms with Gasteiger partial charge in [0, 0.05) is 54.4 Å². The third kappa shape index (κ3) is 3.91. The molecule has 0 radical (unpaired) electrons. The van der Waals surface area contributed by atoms with E-state index < -0.39 is 0 Å². The minimum Gasteiger partial charge on any atom is -0.497 e. The summed E-state index contributed by atoms with van der Waals surface area (Å²) in [4.78, 5) is 9.58. The summed E-state index contributed by atoms with van der Waals surface area (Å²) in [6.45, 7) is 4.15. The number of piperazine rings is 1. The molecule has 5 aromatic rings. The van der Waals surface area contributed by atoms with E-state index in [0.717, 1.165) is 76.4 Å². The molecule has 7 heteroatoms. The van der Waals surface area contributed by atoms with E-state index in [1.54, 1.807) is 14.2 Å². The van der Waals surface area contributed by atoms with Crippen molar-refractivity contribution in [2.75, 3.05) is 52.3 Å². The maximum Gasteiger partial charge on any atom is 0.119 e. The van der Waals surface area contributed by atoms with E-state index in [-0.39, 0.29) is 0 Å². The Morgan fingerprint density at radius 2 is 1.50 bits per heavy atom. The highest BCUT2D eigenvalue weighted by Gasteiger charge is 2.20. The number of methoxy groups -OCH3 is 2. The summed E-state index contributed by atoms with van der Waals surface area (Å²) in [6.07, 6.45) is 1.92. The Balaban J connectivity index is 1.58. The maximum atomic E-state index is 5.56. The fourth-order valence-corrected chi connectivity index (χ4v) is 4.95. The van der Waals surface area contributed by atoms with E-state index in [1.807, 2.05) is 47.3 Å². The van der Waals surface area contributed by atoms with Crippen LogP contribution in [0.5, 0.6) is 11.5 Å². The SMILES string of the molecule is COc1cccc(-c2nn(-c3cccc(N4CCN(C)CC4)c3)c3c2cnc2ccc(OC)cc23)c1. The van der Waals surface area contributed by atoms with E-state index in [0.29, 0.717) is 0 Å². The van der Waals surface area contributed by atoms with Gasteiger partial charge < -0.3 is 19.3 Å². The molecule has 0 bridgehead atoms. The zero-order valence-electron chi connectivity index (χ0n) is 20.8. The van der Waals surface area contributed by atoms with E-state index in [4.69, 9.17) is 19.6 Å². The van der Waals surface area contributed by atoms with Gasteiger partial charge in [-0.1, -0.05) is 18.2 Å². The van der Waals surface area contributed by atoms with Crippen LogP contribution in [0.3, 0.4) is 0 Å². The molecule has 0 spiro atoms. The smallest absolute Gasteiger partial charge is 0.119 e. The minimum absolute atomic E-state index is 0.790. The van der Waals surface area contributed by atoms with Crippen molar-refractivity contribution in [3.63, 3.8) is 0 Å². The summed E-state index contributed by atoms with van der Waals surface area (Å²) in [6, 6.07) is 22.7. The van der Waals surface area contributed by atoms with Gasteiger partial charge in [0.2, 0.25) is 0 Å². The molecular formula is C29H29N5O2. The van der Waals surface area contributed by atoms with Crippen LogP contribution < -0.4 is 14.4 Å². The zero-order chi connectivity index (χ0) is 24.6. The van der Waals surface area contributed by atoms with Gasteiger partial charge in [0.25, 0.3) is 0 Å². The molecule has 36 heavy (non-hydrogen) atoms. The molecule has 6 rings (SSSR count). The first-order valence-electron chi connectivity index (χ1n) is 12.2. The molecule has 3 heterocycles. The number of benzene rings is 3. The molecule has 1 fully saturated rings. The second-order valence-electron chi connectivity index (χ2n) is 9.21. The van der Waals surface area contributed by atoms with E-state index in [9.17, 15) is 0 Å². The van der Waals surface area contributed by atoms with Crippen molar-refractivity contribution in [2.45, 2.75) is 0 Å². The van der Waals surface area contributed by atoms with E-state index in [1.165, 1.54) is 5.69 Å². The molecule has 0 unspecified atom stereocenters. The van der Waals surface area contributed by atoms with Crippen LogP contribution in [0, 0.1) is 0 Å². The lowest BCUT2D eigenvalue weighted by Crippen LogP contribution is -2.44. The molecule has 0 amide bonds. The number of anilines is 1. The van der Waals surface area contributed by atoms with E-state index in [2.05, 4.69) is 47.2 Å². The average Bonchev–Trinajstić information content (AvgIpc) is 3.33. The van der Waals surface area contributed by atoms with Crippen LogP contribution in [0.1, 0.15) is 0 Å². The Bertz CT molecular complexity index is 1550. The summed E-state index contributed by atoms with van der Waals surface area (Å²) in [5.74, 6) is 1.58. The van der Waals surface area contributed by atoms with Crippen LogP contribution in [0.15, 0.2) is 72.9 Å². The van der Waals surface area contributed by atoms with Gasteiger partial charge in [0.15, 0.2) is 0 Å². The molecule has 1 aliphatic heterocycles. The van der Waals surface area contributed by atoms with Gasteiger partial charge in [0.05, 0.1) is 30.9 Å². The molecular weight excluding hydrogens is 450 g/mol. The molecule has 2 aromatic heterocycles. The van der Waals surface area contributed by atoms with Gasteiger partial charge in [0.1, 0.15) is 17.2 Å². The number of aromatic nitrogens is 3. The van der Waals surface area contributed by atoms with Crippen molar-refractivity contribution >= 4 is 27.5 Å². The lowest BCUT2D eigenvalue weighted by molar-refractivity contribution is 0.313. The predicted octanol–water partition coefficient (Wildman–Crippen LogP) is 5.01. The Labute approximate surface area is 210 Å². The van der Waals surface area contributed by atoms with Gasteiger partial charge in [-0.3, -0.25) is 4.98 Å². The Kier molecular flexibility index (Phi) is 5.70. The highest BCUT2D eigenvalue weighted by Crippen LogP contribution is 2.36. The third-order valence-corrected chi connectivity index (χ3v) is 7.00. The molecule has 0 N–H and O–H groups in total. The molecule has 1 aliphatic rings. The van der Waals surface area contributed by atoms with Crippen molar-refractivity contribution in [3.05, 3.63) is 72.9 Å². The van der Waals surface area contributed by atoms with Crippen LogP contribution in [-0.4, -0.2) is 67.1 Å². The molecule has 182 valence electrons. The first-order chi connectivity index (χ1) is 17.6. The van der Waals surface area contributed by atoms with Crippen molar-refractivity contribution < 1.29 is 9.47 Å². The Morgan fingerprint density at radius 1 is 0.750 bits per heavy atom. The Hall–Kier alpha value is -4.10. The topological polar surface area (TPSA) is 55.7 Å². The summed E-state index contributed by atoms with van der Waals surface area (Å²) in [7, 11) is 5.55. The van der Waals surface area contributed by atoms with Crippen LogP contribution >= 0.6 is 0 Å². The highest BCUT2D eigenvalue weighted by molar-refractivity contribution is 6.09. The van der Waals surface area contributed by atoms with Crippen molar-refractivity contribution in [3.8, 4) is 28.4 Å². The normalized spacial score (nSPS) is 14.5. The fourth-order valence-electron chi connectivity index (χ4n) is 4.95. The van der Waals surface area contributed by atoms with E-state index >= 15 is 0 Å². The standard InChI is InChI=1S/C29H29N5O2/c1-32-12-14-33(15-13-32)21-7-5-8-22(17-21)34-29-25-18-24(36-3)10-11-27(25)30-19-26(29)28(31-34)20-6-4-9-23(16-20)35-2/h4-11,16-19H,12-15H2,1-3H3. The number of hydrogen-bond donors (Lipinski definition) is 0. The minimum atomic E-state index is 0.790.